The van der Waals surface area contributed by atoms with E-state index in [0.717, 1.165) is 0 Å². The maximum Gasteiger partial charge on any atom is 0.334 e. The molecule has 70 valence electrons. The summed E-state index contributed by atoms with van der Waals surface area (Å²) in [6.07, 6.45) is 0.173. The maximum absolute atomic E-state index is 10.6. The quantitative estimate of drug-likeness (QED) is 0.446. The van der Waals surface area contributed by atoms with E-state index in [-0.39, 0.29) is 12.8 Å². The van der Waals surface area contributed by atoms with Crippen LogP contribution >= 0.6 is 25.8 Å². The van der Waals surface area contributed by atoms with Crippen LogP contribution in [0.3, 0.4) is 0 Å². The number of hydrogen-bond donors (Lipinski definition) is 3. The molecule has 0 aliphatic rings. The molecule has 2 N–H and O–H groups in total. The molecule has 0 saturated heterocycles. The fourth-order valence-electron chi connectivity index (χ4n) is 0.505. The van der Waals surface area contributed by atoms with Gasteiger partial charge < -0.3 is 14.1 Å². The van der Waals surface area contributed by atoms with Crippen molar-refractivity contribution in [1.29, 1.82) is 0 Å². The van der Waals surface area contributed by atoms with Gasteiger partial charge in [-0.15, -0.1) is 0 Å². The lowest BCUT2D eigenvalue weighted by Crippen LogP contribution is -2.31. The van der Waals surface area contributed by atoms with Gasteiger partial charge in [-0.25, -0.2) is 4.79 Å². The Morgan fingerprint density at radius 1 is 1.33 bits per heavy atom. The molecule has 1 atom stereocenters. The third-order valence-electron chi connectivity index (χ3n) is 1.15. The van der Waals surface area contributed by atoms with Gasteiger partial charge in [0.2, 0.25) is 0 Å². The van der Waals surface area contributed by atoms with E-state index in [2.05, 4.69) is 34.2 Å². The monoisotopic (exact) mass is 211 g/mol. The number of rotatable bonds is 4. The van der Waals surface area contributed by atoms with Crippen LogP contribution in [0.4, 0.5) is 0 Å². The average molecular weight is 211 g/mol. The molecule has 0 amide bonds. The van der Waals surface area contributed by atoms with Crippen molar-refractivity contribution in [2.24, 2.45) is 5.73 Å². The Hall–Kier alpha value is -0.400. The van der Waals surface area contributed by atoms with Crippen LogP contribution < -0.4 is 5.73 Å². The normalized spacial score (nSPS) is 11.9. The van der Waals surface area contributed by atoms with Crippen molar-refractivity contribution >= 4 is 37.8 Å². The number of hydrogen-bond acceptors (Lipinski definition) is 7. The fourth-order valence-corrected chi connectivity index (χ4v) is 0.731. The summed E-state index contributed by atoms with van der Waals surface area (Å²) >= 11 is 6.53. The minimum Gasteiger partial charge on any atom is -0.395 e. The van der Waals surface area contributed by atoms with Gasteiger partial charge in [0.25, 0.3) is 0 Å². The van der Waals surface area contributed by atoms with Crippen molar-refractivity contribution < 1.29 is 18.0 Å². The Kier molecular flexibility index (Phi) is 5.95. The highest BCUT2D eigenvalue weighted by Crippen LogP contribution is 2.00. The van der Waals surface area contributed by atoms with Crippen LogP contribution in [0.25, 0.3) is 0 Å². The van der Waals surface area contributed by atoms with Crippen molar-refractivity contribution in [2.75, 3.05) is 0 Å². The lowest BCUT2D eigenvalue weighted by molar-refractivity contribution is -0.135. The minimum atomic E-state index is -0.852. The Balaban J connectivity index is 3.63. The molecular formula is C5H9NO4S2. The van der Waals surface area contributed by atoms with Gasteiger partial charge in [-0.3, -0.25) is 4.79 Å². The van der Waals surface area contributed by atoms with Gasteiger partial charge in [0.05, 0.1) is 0 Å². The Bertz CT molecular complexity index is 175. The molecule has 1 unspecified atom stereocenters. The fraction of sp³-hybridized carbons (Fsp3) is 0.600. The molecule has 0 heterocycles. The number of thiol groups is 2. The van der Waals surface area contributed by atoms with E-state index in [4.69, 9.17) is 5.73 Å². The largest absolute Gasteiger partial charge is 0.395 e. The highest BCUT2D eigenvalue weighted by molar-refractivity contribution is 7.75. The van der Waals surface area contributed by atoms with Crippen molar-refractivity contribution in [3.05, 3.63) is 0 Å². The van der Waals surface area contributed by atoms with Crippen LogP contribution in [0.15, 0.2) is 0 Å². The molecule has 0 aromatic rings. The molecule has 7 heteroatoms. The minimum absolute atomic E-state index is 0.0214. The van der Waals surface area contributed by atoms with E-state index in [1.807, 2.05) is 0 Å². The zero-order chi connectivity index (χ0) is 9.56. The standard InChI is InChI=1S/C5H9NO4S2/c6-3(5(8)10-12)1-2-4(7)9-11/h3,11-12H,1-2,6H2. The molecular weight excluding hydrogens is 202 g/mol. The Morgan fingerprint density at radius 3 is 2.33 bits per heavy atom. The molecule has 0 aliphatic heterocycles. The summed E-state index contributed by atoms with van der Waals surface area (Å²) in [6.45, 7) is 0. The number of nitrogens with two attached hydrogens (primary N) is 1. The molecule has 12 heavy (non-hydrogen) atoms. The van der Waals surface area contributed by atoms with Gasteiger partial charge in [-0.1, -0.05) is 0 Å². The Labute approximate surface area is 80.8 Å². The van der Waals surface area contributed by atoms with Crippen molar-refractivity contribution in [2.45, 2.75) is 18.9 Å². The van der Waals surface area contributed by atoms with Gasteiger partial charge in [0.1, 0.15) is 6.04 Å². The second-order valence-electron chi connectivity index (χ2n) is 2.02. The summed E-state index contributed by atoms with van der Waals surface area (Å²) in [6, 6.07) is -0.852. The molecule has 5 nitrogen and oxygen atoms in total. The summed E-state index contributed by atoms with van der Waals surface area (Å²) in [5, 5.41) is 0. The molecule has 0 aliphatic carbocycles. The summed E-state index contributed by atoms with van der Waals surface area (Å²) in [5.41, 5.74) is 5.27. The van der Waals surface area contributed by atoms with Gasteiger partial charge >= 0.3 is 11.9 Å². The first-order valence-corrected chi connectivity index (χ1v) is 3.80. The summed E-state index contributed by atoms with van der Waals surface area (Å²) in [5.74, 6) is -1.22. The second-order valence-corrected chi connectivity index (χ2v) is 2.38. The van der Waals surface area contributed by atoms with E-state index in [1.165, 1.54) is 0 Å². The number of carbonyl (C=O) groups is 2. The third-order valence-corrected chi connectivity index (χ3v) is 1.54. The van der Waals surface area contributed by atoms with Crippen LogP contribution in [0.2, 0.25) is 0 Å². The van der Waals surface area contributed by atoms with Crippen LogP contribution in [0.1, 0.15) is 12.8 Å². The first-order chi connectivity index (χ1) is 5.61. The van der Waals surface area contributed by atoms with E-state index in [0.29, 0.717) is 0 Å². The van der Waals surface area contributed by atoms with E-state index >= 15 is 0 Å². The molecule has 0 fully saturated rings. The topological polar surface area (TPSA) is 78.6 Å². The van der Waals surface area contributed by atoms with E-state index in [1.54, 1.807) is 0 Å². The third kappa shape index (κ3) is 4.47. The van der Waals surface area contributed by atoms with Crippen molar-refractivity contribution in [1.82, 2.24) is 0 Å². The lowest BCUT2D eigenvalue weighted by atomic mass is 10.2. The molecule has 0 saturated carbocycles. The zero-order valence-corrected chi connectivity index (χ0v) is 7.89. The van der Waals surface area contributed by atoms with Gasteiger partial charge in [-0.05, 0) is 6.42 Å². The summed E-state index contributed by atoms with van der Waals surface area (Å²) in [7, 11) is 0. The number of carbonyl (C=O) groups excluding carboxylic acids is 2. The molecule has 0 aromatic carbocycles. The van der Waals surface area contributed by atoms with Gasteiger partial charge in [0.15, 0.2) is 0 Å². The lowest BCUT2D eigenvalue weighted by Gasteiger charge is -2.05. The predicted molar refractivity (Wildman–Crippen MR) is 47.4 cm³/mol. The summed E-state index contributed by atoms with van der Waals surface area (Å²) < 4.78 is 8.08. The molecule has 0 bridgehead atoms. The highest BCUT2D eigenvalue weighted by atomic mass is 32.1. The first-order valence-electron chi connectivity index (χ1n) is 3.07. The molecule has 0 aromatic heterocycles. The van der Waals surface area contributed by atoms with Crippen molar-refractivity contribution in [3.63, 3.8) is 0 Å². The molecule has 0 radical (unpaired) electrons. The SMILES string of the molecule is NC(CCC(=O)OS)C(=O)OS. The van der Waals surface area contributed by atoms with Crippen LogP contribution in [0, 0.1) is 0 Å². The maximum atomic E-state index is 10.6. The van der Waals surface area contributed by atoms with E-state index in [9.17, 15) is 9.59 Å². The molecule has 0 rings (SSSR count). The Morgan fingerprint density at radius 2 is 1.92 bits per heavy atom. The smallest absolute Gasteiger partial charge is 0.334 e. The predicted octanol–water partition coefficient (Wildman–Crippen LogP) is -0.130. The van der Waals surface area contributed by atoms with Gasteiger partial charge in [-0.2, -0.15) is 0 Å². The highest BCUT2D eigenvalue weighted by Gasteiger charge is 2.15. The molecule has 0 spiro atoms. The average Bonchev–Trinajstić information content (AvgIpc) is 2.11. The van der Waals surface area contributed by atoms with Crippen LogP contribution in [-0.4, -0.2) is 18.0 Å². The van der Waals surface area contributed by atoms with E-state index < -0.39 is 18.0 Å². The van der Waals surface area contributed by atoms with Crippen molar-refractivity contribution in [3.8, 4) is 0 Å². The first kappa shape index (κ1) is 11.6. The summed E-state index contributed by atoms with van der Waals surface area (Å²) in [4.78, 5) is 21.1. The van der Waals surface area contributed by atoms with Crippen LogP contribution in [-0.2, 0) is 18.0 Å². The van der Waals surface area contributed by atoms with Gasteiger partial charge in [0, 0.05) is 32.2 Å². The zero-order valence-electron chi connectivity index (χ0n) is 6.10. The van der Waals surface area contributed by atoms with Crippen LogP contribution in [0.5, 0.6) is 0 Å². The second kappa shape index (κ2) is 6.15.